The second-order valence-electron chi connectivity index (χ2n) is 4.08. The third-order valence-corrected chi connectivity index (χ3v) is 3.10. The number of aromatic nitrogens is 1. The Balaban J connectivity index is 2.33. The maximum absolute atomic E-state index is 13.0. The zero-order valence-electron chi connectivity index (χ0n) is 10.7. The van der Waals surface area contributed by atoms with Crippen LogP contribution in [0.3, 0.4) is 0 Å². The van der Waals surface area contributed by atoms with Crippen LogP contribution in [0.2, 0.25) is 5.02 Å². The predicted molar refractivity (Wildman–Crippen MR) is 73.2 cm³/mol. The molecular weight excluding hydrogens is 267 g/mol. The molecular formula is C14H14ClFN2O. The molecule has 1 aromatic carbocycles. The van der Waals surface area contributed by atoms with Gasteiger partial charge in [-0.05, 0) is 38.2 Å². The van der Waals surface area contributed by atoms with Gasteiger partial charge in [0.25, 0.3) is 0 Å². The smallest absolute Gasteiger partial charge is 0.224 e. The van der Waals surface area contributed by atoms with E-state index in [0.29, 0.717) is 11.6 Å². The highest BCUT2D eigenvalue weighted by Gasteiger charge is 2.13. The van der Waals surface area contributed by atoms with Crippen LogP contribution in [0.1, 0.15) is 18.5 Å². The van der Waals surface area contributed by atoms with E-state index in [9.17, 15) is 4.39 Å². The van der Waals surface area contributed by atoms with Gasteiger partial charge in [0.1, 0.15) is 11.6 Å². The van der Waals surface area contributed by atoms with Gasteiger partial charge in [-0.2, -0.15) is 0 Å². The first kappa shape index (κ1) is 13.8. The maximum atomic E-state index is 13.0. The molecule has 100 valence electrons. The van der Waals surface area contributed by atoms with Gasteiger partial charge in [0.2, 0.25) is 5.88 Å². The Morgan fingerprint density at radius 3 is 2.84 bits per heavy atom. The van der Waals surface area contributed by atoms with Gasteiger partial charge < -0.3 is 10.1 Å². The molecule has 0 aliphatic carbocycles. The number of hydrogen-bond acceptors (Lipinski definition) is 3. The normalized spacial score (nSPS) is 12.2. The SMILES string of the molecule is CNC(C)c1cccnc1Oc1ccc(F)cc1Cl. The van der Waals surface area contributed by atoms with E-state index in [2.05, 4.69) is 10.3 Å². The Bertz CT molecular complexity index is 577. The molecule has 19 heavy (non-hydrogen) atoms. The Hall–Kier alpha value is -1.65. The molecule has 0 saturated heterocycles. The summed E-state index contributed by atoms with van der Waals surface area (Å²) in [6.07, 6.45) is 1.64. The van der Waals surface area contributed by atoms with Crippen molar-refractivity contribution in [2.75, 3.05) is 7.05 Å². The standard InChI is InChI=1S/C14H14ClFN2O/c1-9(17-2)11-4-3-7-18-14(11)19-13-6-5-10(16)8-12(13)15/h3-9,17H,1-2H3. The first-order valence-electron chi connectivity index (χ1n) is 5.87. The summed E-state index contributed by atoms with van der Waals surface area (Å²) in [6.45, 7) is 2.00. The highest BCUT2D eigenvalue weighted by Crippen LogP contribution is 2.32. The lowest BCUT2D eigenvalue weighted by atomic mass is 10.1. The Labute approximate surface area is 116 Å². The van der Waals surface area contributed by atoms with Crippen LogP contribution in [-0.2, 0) is 0 Å². The molecule has 1 heterocycles. The molecule has 0 aliphatic rings. The van der Waals surface area contributed by atoms with Crippen LogP contribution in [0.15, 0.2) is 36.5 Å². The third-order valence-electron chi connectivity index (χ3n) is 2.80. The van der Waals surface area contributed by atoms with E-state index in [0.717, 1.165) is 5.56 Å². The largest absolute Gasteiger partial charge is 0.437 e. The molecule has 2 aromatic rings. The lowest BCUT2D eigenvalue weighted by Crippen LogP contribution is -2.13. The van der Waals surface area contributed by atoms with Crippen LogP contribution in [0, 0.1) is 5.82 Å². The van der Waals surface area contributed by atoms with Crippen molar-refractivity contribution in [3.05, 3.63) is 52.9 Å². The van der Waals surface area contributed by atoms with E-state index >= 15 is 0 Å². The molecule has 0 amide bonds. The fourth-order valence-electron chi connectivity index (χ4n) is 1.64. The first-order valence-corrected chi connectivity index (χ1v) is 6.24. The van der Waals surface area contributed by atoms with E-state index in [-0.39, 0.29) is 11.1 Å². The lowest BCUT2D eigenvalue weighted by Gasteiger charge is -2.15. The van der Waals surface area contributed by atoms with Crippen LogP contribution < -0.4 is 10.1 Å². The molecule has 0 radical (unpaired) electrons. The van der Waals surface area contributed by atoms with Crippen LogP contribution in [-0.4, -0.2) is 12.0 Å². The summed E-state index contributed by atoms with van der Waals surface area (Å²) in [6, 6.07) is 7.83. The molecule has 5 heteroatoms. The minimum atomic E-state index is -0.401. The lowest BCUT2D eigenvalue weighted by molar-refractivity contribution is 0.445. The Kier molecular flexibility index (Phi) is 4.35. The fourth-order valence-corrected chi connectivity index (χ4v) is 1.84. The number of ether oxygens (including phenoxy) is 1. The molecule has 3 nitrogen and oxygen atoms in total. The average Bonchev–Trinajstić information content (AvgIpc) is 2.41. The van der Waals surface area contributed by atoms with Gasteiger partial charge in [-0.15, -0.1) is 0 Å². The monoisotopic (exact) mass is 280 g/mol. The maximum Gasteiger partial charge on any atom is 0.224 e. The molecule has 0 aliphatic heterocycles. The van der Waals surface area contributed by atoms with Crippen molar-refractivity contribution < 1.29 is 9.13 Å². The van der Waals surface area contributed by atoms with E-state index in [1.807, 2.05) is 26.1 Å². The molecule has 0 bridgehead atoms. The van der Waals surface area contributed by atoms with Crippen molar-refractivity contribution in [2.45, 2.75) is 13.0 Å². The van der Waals surface area contributed by atoms with E-state index in [1.165, 1.54) is 18.2 Å². The van der Waals surface area contributed by atoms with Gasteiger partial charge >= 0.3 is 0 Å². The quantitative estimate of drug-likeness (QED) is 0.921. The third kappa shape index (κ3) is 3.22. The molecule has 1 unspecified atom stereocenters. The van der Waals surface area contributed by atoms with Gasteiger partial charge in [-0.3, -0.25) is 0 Å². The van der Waals surface area contributed by atoms with Crippen molar-refractivity contribution >= 4 is 11.6 Å². The summed E-state index contributed by atoms with van der Waals surface area (Å²) in [7, 11) is 1.85. The molecule has 0 saturated carbocycles. The number of rotatable bonds is 4. The second-order valence-corrected chi connectivity index (χ2v) is 4.49. The number of benzene rings is 1. The highest BCUT2D eigenvalue weighted by atomic mass is 35.5. The molecule has 0 fully saturated rings. The van der Waals surface area contributed by atoms with Gasteiger partial charge in [-0.25, -0.2) is 9.37 Å². The van der Waals surface area contributed by atoms with E-state index < -0.39 is 5.82 Å². The molecule has 1 N–H and O–H groups in total. The number of nitrogens with one attached hydrogen (secondary N) is 1. The van der Waals surface area contributed by atoms with Crippen LogP contribution in [0.4, 0.5) is 4.39 Å². The summed E-state index contributed by atoms with van der Waals surface area (Å²) in [5.74, 6) is 0.436. The van der Waals surface area contributed by atoms with E-state index in [4.69, 9.17) is 16.3 Å². The van der Waals surface area contributed by atoms with Crippen LogP contribution in [0.5, 0.6) is 11.6 Å². The van der Waals surface area contributed by atoms with Crippen molar-refractivity contribution in [2.24, 2.45) is 0 Å². The number of hydrogen-bond donors (Lipinski definition) is 1. The zero-order chi connectivity index (χ0) is 13.8. The molecule has 1 atom stereocenters. The van der Waals surface area contributed by atoms with Crippen molar-refractivity contribution in [3.8, 4) is 11.6 Å². The topological polar surface area (TPSA) is 34.2 Å². The summed E-state index contributed by atoms with van der Waals surface area (Å²) >= 11 is 5.94. The number of pyridine rings is 1. The fraction of sp³-hybridized carbons (Fsp3) is 0.214. The van der Waals surface area contributed by atoms with Crippen molar-refractivity contribution in [1.82, 2.24) is 10.3 Å². The van der Waals surface area contributed by atoms with Gasteiger partial charge in [-0.1, -0.05) is 17.7 Å². The van der Waals surface area contributed by atoms with Crippen LogP contribution >= 0.6 is 11.6 Å². The minimum Gasteiger partial charge on any atom is -0.437 e. The highest BCUT2D eigenvalue weighted by molar-refractivity contribution is 6.32. The van der Waals surface area contributed by atoms with Crippen molar-refractivity contribution in [3.63, 3.8) is 0 Å². The minimum absolute atomic E-state index is 0.0860. The van der Waals surface area contributed by atoms with Crippen molar-refractivity contribution in [1.29, 1.82) is 0 Å². The summed E-state index contributed by atoms with van der Waals surface area (Å²) in [5, 5.41) is 3.33. The van der Waals surface area contributed by atoms with Crippen LogP contribution in [0.25, 0.3) is 0 Å². The zero-order valence-corrected chi connectivity index (χ0v) is 11.4. The molecule has 1 aromatic heterocycles. The second kappa shape index (κ2) is 5.99. The first-order chi connectivity index (χ1) is 9.11. The summed E-state index contributed by atoms with van der Waals surface area (Å²) in [5.41, 5.74) is 0.908. The van der Waals surface area contributed by atoms with Gasteiger partial charge in [0, 0.05) is 17.8 Å². The van der Waals surface area contributed by atoms with Gasteiger partial charge in [0.05, 0.1) is 5.02 Å². The average molecular weight is 281 g/mol. The predicted octanol–water partition coefficient (Wildman–Crippen LogP) is 3.95. The molecule has 2 rings (SSSR count). The number of halogens is 2. The molecule has 0 spiro atoms. The van der Waals surface area contributed by atoms with Gasteiger partial charge in [0.15, 0.2) is 0 Å². The summed E-state index contributed by atoms with van der Waals surface area (Å²) < 4.78 is 18.7. The number of nitrogens with zero attached hydrogens (tertiary/aromatic N) is 1. The Morgan fingerprint density at radius 1 is 1.37 bits per heavy atom. The van der Waals surface area contributed by atoms with E-state index in [1.54, 1.807) is 6.20 Å². The summed E-state index contributed by atoms with van der Waals surface area (Å²) in [4.78, 5) is 4.19. The Morgan fingerprint density at radius 2 is 2.16 bits per heavy atom.